The molecule has 0 aliphatic carbocycles. The lowest BCUT2D eigenvalue weighted by Crippen LogP contribution is -1.79. The molecule has 0 saturated carbocycles. The minimum absolute atomic E-state index is 0.653. The Morgan fingerprint density at radius 2 is 2.22 bits per heavy atom. The van der Waals surface area contributed by atoms with Crippen molar-refractivity contribution in [2.45, 2.75) is 6.92 Å². The molecule has 0 unspecified atom stereocenters. The molecule has 3 heterocycles. The maximum Gasteiger partial charge on any atom is 0.152 e. The average Bonchev–Trinajstić information content (AvgIpc) is 3.09. The lowest BCUT2D eigenvalue weighted by atomic mass is 10.2. The second kappa shape index (κ2) is 4.35. The van der Waals surface area contributed by atoms with Crippen LogP contribution in [-0.4, -0.2) is 11.2 Å². The van der Waals surface area contributed by atoms with Crippen LogP contribution in [0.1, 0.15) is 12.7 Å². The van der Waals surface area contributed by atoms with Crippen molar-refractivity contribution in [2.75, 3.05) is 0 Å². The number of furan rings is 1. The zero-order valence-corrected chi connectivity index (χ0v) is 10.5. The van der Waals surface area contributed by atoms with Crippen LogP contribution in [0.5, 0.6) is 0 Å². The molecule has 3 rings (SSSR count). The van der Waals surface area contributed by atoms with Gasteiger partial charge in [-0.25, -0.2) is 0 Å². The van der Waals surface area contributed by atoms with E-state index < -0.39 is 0 Å². The van der Waals surface area contributed by atoms with Gasteiger partial charge in [-0.3, -0.25) is 4.99 Å². The summed E-state index contributed by atoms with van der Waals surface area (Å²) in [5.41, 5.74) is 2.73. The van der Waals surface area contributed by atoms with Gasteiger partial charge in [-0.1, -0.05) is 11.6 Å². The van der Waals surface area contributed by atoms with Crippen LogP contribution in [0, 0.1) is 0 Å². The lowest BCUT2D eigenvalue weighted by molar-refractivity contribution is 0.565. The van der Waals surface area contributed by atoms with Crippen molar-refractivity contribution in [3.8, 4) is 11.5 Å². The van der Waals surface area contributed by atoms with Crippen LogP contribution in [0.3, 0.4) is 0 Å². The number of aromatic nitrogens is 1. The highest BCUT2D eigenvalue weighted by molar-refractivity contribution is 6.33. The van der Waals surface area contributed by atoms with Crippen molar-refractivity contribution in [3.05, 3.63) is 53.0 Å². The Bertz CT molecular complexity index is 660. The summed E-state index contributed by atoms with van der Waals surface area (Å²) in [6, 6.07) is 5.63. The number of halogens is 1. The molecule has 0 fully saturated rings. The quantitative estimate of drug-likeness (QED) is 0.857. The number of hydrogen-bond acceptors (Lipinski definition) is 2. The third kappa shape index (κ3) is 1.83. The van der Waals surface area contributed by atoms with Crippen LogP contribution in [-0.2, 0) is 0 Å². The smallest absolute Gasteiger partial charge is 0.152 e. The number of hydrogen-bond donors (Lipinski definition) is 1. The molecule has 4 heteroatoms. The normalized spacial score (nSPS) is 16.6. The molecule has 2 aromatic heterocycles. The number of H-pyrrole nitrogens is 1. The molecule has 1 aliphatic rings. The van der Waals surface area contributed by atoms with Crippen molar-refractivity contribution >= 4 is 23.4 Å². The minimum Gasteiger partial charge on any atom is -0.455 e. The Labute approximate surface area is 109 Å². The van der Waals surface area contributed by atoms with Gasteiger partial charge >= 0.3 is 0 Å². The van der Waals surface area contributed by atoms with E-state index in [4.69, 9.17) is 16.0 Å². The number of aromatic amines is 1. The molecule has 0 radical (unpaired) electrons. The van der Waals surface area contributed by atoms with Gasteiger partial charge in [0.15, 0.2) is 5.76 Å². The van der Waals surface area contributed by atoms with Crippen molar-refractivity contribution < 1.29 is 4.42 Å². The monoisotopic (exact) mass is 258 g/mol. The molecule has 0 aromatic carbocycles. The highest BCUT2D eigenvalue weighted by atomic mass is 35.5. The summed E-state index contributed by atoms with van der Waals surface area (Å²) in [7, 11) is 0. The molecule has 90 valence electrons. The highest BCUT2D eigenvalue weighted by Crippen LogP contribution is 2.31. The molecule has 0 bridgehead atoms. The zero-order chi connectivity index (χ0) is 12.5. The van der Waals surface area contributed by atoms with Crippen molar-refractivity contribution in [1.29, 1.82) is 0 Å². The first-order chi connectivity index (χ1) is 8.75. The summed E-state index contributed by atoms with van der Waals surface area (Å²) in [4.78, 5) is 7.31. The Balaban J connectivity index is 2.00. The highest BCUT2D eigenvalue weighted by Gasteiger charge is 2.12. The molecule has 3 nitrogen and oxygen atoms in total. The van der Waals surface area contributed by atoms with Gasteiger partial charge in [0.05, 0.1) is 10.7 Å². The van der Waals surface area contributed by atoms with Crippen LogP contribution >= 0.6 is 11.6 Å². The summed E-state index contributed by atoms with van der Waals surface area (Å²) >= 11 is 6.05. The van der Waals surface area contributed by atoms with E-state index in [-0.39, 0.29) is 0 Å². The topological polar surface area (TPSA) is 41.3 Å². The summed E-state index contributed by atoms with van der Waals surface area (Å²) in [5, 5.41) is 0.653. The Hall–Kier alpha value is -2.00. The fraction of sp³-hybridized carbons (Fsp3) is 0.0714. The summed E-state index contributed by atoms with van der Waals surface area (Å²) in [5.74, 6) is 1.53. The van der Waals surface area contributed by atoms with Crippen molar-refractivity contribution in [1.82, 2.24) is 4.98 Å². The first-order valence-electron chi connectivity index (χ1n) is 5.61. The standard InChI is InChI=1S/C14H11ClN2O/c1-9(11-3-2-7-16-11)12-4-5-13(18-12)14-10(15)6-8-17-14/h2-8,17H,1H3/b11-9+. The summed E-state index contributed by atoms with van der Waals surface area (Å²) in [6.45, 7) is 1.99. The molecule has 0 atom stereocenters. The van der Waals surface area contributed by atoms with Gasteiger partial charge in [0.25, 0.3) is 0 Å². The van der Waals surface area contributed by atoms with Gasteiger partial charge in [0.2, 0.25) is 0 Å². The van der Waals surface area contributed by atoms with E-state index in [2.05, 4.69) is 9.98 Å². The van der Waals surface area contributed by atoms with E-state index in [1.165, 1.54) is 0 Å². The zero-order valence-electron chi connectivity index (χ0n) is 9.77. The van der Waals surface area contributed by atoms with Gasteiger partial charge in [0.1, 0.15) is 11.5 Å². The maximum atomic E-state index is 6.05. The van der Waals surface area contributed by atoms with E-state index in [9.17, 15) is 0 Å². The second-order valence-electron chi connectivity index (χ2n) is 4.01. The van der Waals surface area contributed by atoms with E-state index in [0.29, 0.717) is 5.02 Å². The molecule has 2 aromatic rings. The largest absolute Gasteiger partial charge is 0.455 e. The Morgan fingerprint density at radius 3 is 2.89 bits per heavy atom. The predicted molar refractivity (Wildman–Crippen MR) is 73.7 cm³/mol. The van der Waals surface area contributed by atoms with Gasteiger partial charge in [-0.15, -0.1) is 0 Å². The average molecular weight is 259 g/mol. The number of allylic oxidation sites excluding steroid dienone is 3. The van der Waals surface area contributed by atoms with Gasteiger partial charge in [-0.05, 0) is 37.3 Å². The Morgan fingerprint density at radius 1 is 1.33 bits per heavy atom. The van der Waals surface area contributed by atoms with Crippen LogP contribution in [0.4, 0.5) is 0 Å². The number of rotatable bonds is 2. The van der Waals surface area contributed by atoms with E-state index in [1.54, 1.807) is 18.5 Å². The van der Waals surface area contributed by atoms with Gasteiger partial charge < -0.3 is 9.40 Å². The third-order valence-electron chi connectivity index (χ3n) is 2.86. The Kier molecular flexibility index (Phi) is 2.68. The first kappa shape index (κ1) is 11.1. The molecule has 18 heavy (non-hydrogen) atoms. The third-order valence-corrected chi connectivity index (χ3v) is 3.17. The fourth-order valence-corrected chi connectivity index (χ4v) is 2.07. The first-order valence-corrected chi connectivity index (χ1v) is 5.98. The predicted octanol–water partition coefficient (Wildman–Crippen LogP) is 4.30. The van der Waals surface area contributed by atoms with Crippen molar-refractivity contribution in [2.24, 2.45) is 4.99 Å². The molecule has 0 spiro atoms. The summed E-state index contributed by atoms with van der Waals surface area (Å²) in [6.07, 6.45) is 7.42. The van der Waals surface area contributed by atoms with Gasteiger partial charge in [-0.2, -0.15) is 0 Å². The van der Waals surface area contributed by atoms with Crippen LogP contribution < -0.4 is 0 Å². The molecular weight excluding hydrogens is 248 g/mol. The summed E-state index contributed by atoms with van der Waals surface area (Å²) < 4.78 is 5.80. The van der Waals surface area contributed by atoms with Gasteiger partial charge in [0, 0.05) is 18.0 Å². The molecular formula is C14H11ClN2O. The van der Waals surface area contributed by atoms with Crippen molar-refractivity contribution in [3.63, 3.8) is 0 Å². The lowest BCUT2D eigenvalue weighted by Gasteiger charge is -1.99. The SMILES string of the molecule is C/C(=C1/C=CC=N1)c1ccc(-c2[nH]ccc2Cl)o1. The number of aliphatic imine (C=N–C) groups is 1. The molecule has 0 amide bonds. The number of nitrogens with zero attached hydrogens (tertiary/aromatic N) is 1. The van der Waals surface area contributed by atoms with Crippen LogP contribution in [0.15, 0.2) is 51.7 Å². The molecule has 1 N–H and O–H groups in total. The van der Waals surface area contributed by atoms with E-state index in [1.807, 2.05) is 31.2 Å². The minimum atomic E-state index is 0.653. The van der Waals surface area contributed by atoms with E-state index >= 15 is 0 Å². The van der Waals surface area contributed by atoms with Crippen LogP contribution in [0.25, 0.3) is 17.0 Å². The number of nitrogens with one attached hydrogen (secondary N) is 1. The fourth-order valence-electron chi connectivity index (χ4n) is 1.86. The second-order valence-corrected chi connectivity index (χ2v) is 4.42. The van der Waals surface area contributed by atoms with Crippen LogP contribution in [0.2, 0.25) is 5.02 Å². The molecule has 1 aliphatic heterocycles. The van der Waals surface area contributed by atoms with E-state index in [0.717, 1.165) is 28.5 Å². The molecule has 0 saturated heterocycles. The maximum absolute atomic E-state index is 6.05.